The normalized spacial score (nSPS) is 20.2. The summed E-state index contributed by atoms with van der Waals surface area (Å²) in [5.74, 6) is -0.848. The molecular weight excluding hydrogens is 286 g/mol. The maximum absolute atomic E-state index is 11.9. The Morgan fingerprint density at radius 3 is 2.86 bits per heavy atom. The number of aryl methyl sites for hydroxylation is 1. The zero-order valence-corrected chi connectivity index (χ0v) is 12.2. The predicted octanol–water partition coefficient (Wildman–Crippen LogP) is 2.58. The summed E-state index contributed by atoms with van der Waals surface area (Å²) in [5.41, 5.74) is 0.916. The van der Waals surface area contributed by atoms with E-state index >= 15 is 0 Å². The average Bonchev–Trinajstić information content (AvgIpc) is 3.10. The number of nitrogens with one attached hydrogen (secondary N) is 1. The molecule has 1 atom stereocenters. The number of aliphatic carboxylic acids is 1. The molecule has 0 fully saturated rings. The molecule has 0 aliphatic heterocycles. The van der Waals surface area contributed by atoms with Crippen LogP contribution in [0.5, 0.6) is 0 Å². The number of rotatable bonds is 5. The molecule has 1 aliphatic carbocycles. The second-order valence-corrected chi connectivity index (χ2v) is 6.34. The predicted molar refractivity (Wildman–Crippen MR) is 80.6 cm³/mol. The summed E-state index contributed by atoms with van der Waals surface area (Å²) in [5, 5.41) is 12.9. The van der Waals surface area contributed by atoms with Gasteiger partial charge in [0, 0.05) is 11.4 Å². The van der Waals surface area contributed by atoms with Crippen molar-refractivity contribution in [2.24, 2.45) is 0 Å². The third-order valence-electron chi connectivity index (χ3n) is 3.97. The Labute approximate surface area is 126 Å². The van der Waals surface area contributed by atoms with Crippen molar-refractivity contribution in [1.29, 1.82) is 0 Å². The topological polar surface area (TPSA) is 66.4 Å². The van der Waals surface area contributed by atoms with Crippen molar-refractivity contribution in [3.8, 4) is 0 Å². The smallest absolute Gasteiger partial charge is 0.328 e. The monoisotopic (exact) mass is 301 g/mol. The van der Waals surface area contributed by atoms with Gasteiger partial charge in [-0.2, -0.15) is 0 Å². The lowest BCUT2D eigenvalue weighted by atomic mass is 9.92. The number of carboxylic acid groups (broad SMARTS) is 1. The molecule has 0 saturated heterocycles. The van der Waals surface area contributed by atoms with Crippen molar-refractivity contribution in [2.75, 3.05) is 0 Å². The number of aldehydes is 1. The number of fused-ring (bicyclic) bond motifs is 1. The molecule has 5 heteroatoms. The molecule has 0 bridgehead atoms. The largest absolute Gasteiger partial charge is 0.480 e. The molecule has 4 nitrogen and oxygen atoms in total. The fraction of sp³-hybridized carbons (Fsp3) is 0.250. The standard InChI is InChI=1S/C16H15NO3S/c18-10-13-6-5-12(21-13)9-17-16(15(19)20)8-7-11-3-1-2-4-14(11)16/h1-6,10,17H,7-9H2,(H,19,20). The number of hydrogen-bond acceptors (Lipinski definition) is 4. The zero-order valence-electron chi connectivity index (χ0n) is 11.3. The number of carboxylic acids is 1. The lowest BCUT2D eigenvalue weighted by molar-refractivity contribution is -0.145. The van der Waals surface area contributed by atoms with E-state index in [1.54, 1.807) is 6.07 Å². The maximum Gasteiger partial charge on any atom is 0.328 e. The lowest BCUT2D eigenvalue weighted by Crippen LogP contribution is -2.47. The minimum absolute atomic E-state index is 0.444. The fourth-order valence-electron chi connectivity index (χ4n) is 2.88. The minimum atomic E-state index is -1.03. The first-order valence-corrected chi connectivity index (χ1v) is 7.58. The summed E-state index contributed by atoms with van der Waals surface area (Å²) < 4.78 is 0. The number of hydrogen-bond donors (Lipinski definition) is 2. The van der Waals surface area contributed by atoms with Crippen LogP contribution in [0.1, 0.15) is 32.1 Å². The van der Waals surface area contributed by atoms with Crippen LogP contribution in [0.2, 0.25) is 0 Å². The number of carbonyl (C=O) groups excluding carboxylic acids is 1. The first-order valence-electron chi connectivity index (χ1n) is 6.76. The van der Waals surface area contributed by atoms with Crippen molar-refractivity contribution in [3.05, 3.63) is 57.3 Å². The van der Waals surface area contributed by atoms with Crippen LogP contribution in [0.15, 0.2) is 36.4 Å². The molecule has 1 aliphatic rings. The first kappa shape index (κ1) is 14.0. The van der Waals surface area contributed by atoms with Crippen LogP contribution < -0.4 is 5.32 Å². The number of thiophene rings is 1. The molecule has 1 heterocycles. The third-order valence-corrected chi connectivity index (χ3v) is 4.99. The lowest BCUT2D eigenvalue weighted by Gasteiger charge is -2.27. The average molecular weight is 301 g/mol. The highest BCUT2D eigenvalue weighted by Crippen LogP contribution is 2.37. The maximum atomic E-state index is 11.9. The van der Waals surface area contributed by atoms with Gasteiger partial charge in [0.1, 0.15) is 5.54 Å². The number of carbonyl (C=O) groups is 2. The Morgan fingerprint density at radius 1 is 1.33 bits per heavy atom. The summed E-state index contributed by atoms with van der Waals surface area (Å²) >= 11 is 1.38. The van der Waals surface area contributed by atoms with Gasteiger partial charge in [-0.25, -0.2) is 4.79 Å². The molecule has 3 rings (SSSR count). The molecule has 108 valence electrons. The van der Waals surface area contributed by atoms with Crippen LogP contribution >= 0.6 is 11.3 Å². The van der Waals surface area contributed by atoms with Crippen LogP contribution in [-0.2, 0) is 23.3 Å². The summed E-state index contributed by atoms with van der Waals surface area (Å²) in [4.78, 5) is 24.2. The van der Waals surface area contributed by atoms with Crippen LogP contribution in [0.4, 0.5) is 0 Å². The van der Waals surface area contributed by atoms with E-state index in [0.29, 0.717) is 17.8 Å². The molecule has 1 aromatic heterocycles. The first-order chi connectivity index (χ1) is 10.2. The Morgan fingerprint density at radius 2 is 2.14 bits per heavy atom. The van der Waals surface area contributed by atoms with E-state index in [1.807, 2.05) is 30.3 Å². The van der Waals surface area contributed by atoms with Crippen LogP contribution in [0.25, 0.3) is 0 Å². The molecule has 21 heavy (non-hydrogen) atoms. The molecule has 1 unspecified atom stereocenters. The molecule has 0 amide bonds. The van der Waals surface area contributed by atoms with Gasteiger partial charge in [0.2, 0.25) is 0 Å². The quantitative estimate of drug-likeness (QED) is 0.833. The van der Waals surface area contributed by atoms with E-state index < -0.39 is 11.5 Å². The molecule has 1 aromatic carbocycles. The van der Waals surface area contributed by atoms with E-state index in [9.17, 15) is 14.7 Å². The highest BCUT2D eigenvalue weighted by atomic mass is 32.1. The summed E-state index contributed by atoms with van der Waals surface area (Å²) in [6.45, 7) is 0.444. The van der Waals surface area contributed by atoms with Gasteiger partial charge in [0.15, 0.2) is 6.29 Å². The summed E-state index contributed by atoms with van der Waals surface area (Å²) in [7, 11) is 0. The minimum Gasteiger partial charge on any atom is -0.480 e. The van der Waals surface area contributed by atoms with E-state index in [4.69, 9.17) is 0 Å². The van der Waals surface area contributed by atoms with Gasteiger partial charge in [-0.3, -0.25) is 10.1 Å². The summed E-state index contributed by atoms with van der Waals surface area (Å²) in [6, 6.07) is 11.3. The SMILES string of the molecule is O=Cc1ccc(CNC2(C(=O)O)CCc3ccccc32)s1. The van der Waals surface area contributed by atoms with E-state index in [-0.39, 0.29) is 0 Å². The zero-order chi connectivity index (χ0) is 14.9. The molecule has 2 aromatic rings. The van der Waals surface area contributed by atoms with E-state index in [2.05, 4.69) is 5.32 Å². The Bertz CT molecular complexity index is 694. The molecule has 0 spiro atoms. The van der Waals surface area contributed by atoms with E-state index in [1.165, 1.54) is 11.3 Å². The van der Waals surface area contributed by atoms with E-state index in [0.717, 1.165) is 28.7 Å². The van der Waals surface area contributed by atoms with Gasteiger partial charge >= 0.3 is 5.97 Å². The van der Waals surface area contributed by atoms with Crippen molar-refractivity contribution in [3.63, 3.8) is 0 Å². The highest BCUT2D eigenvalue weighted by molar-refractivity contribution is 7.13. The molecule has 0 radical (unpaired) electrons. The van der Waals surface area contributed by atoms with Crippen molar-refractivity contribution in [2.45, 2.75) is 24.9 Å². The van der Waals surface area contributed by atoms with Gasteiger partial charge < -0.3 is 5.11 Å². The Hall–Kier alpha value is -1.98. The van der Waals surface area contributed by atoms with Crippen molar-refractivity contribution < 1.29 is 14.7 Å². The van der Waals surface area contributed by atoms with Crippen molar-refractivity contribution >= 4 is 23.6 Å². The van der Waals surface area contributed by atoms with Crippen molar-refractivity contribution in [1.82, 2.24) is 5.32 Å². The highest BCUT2D eigenvalue weighted by Gasteiger charge is 2.45. The van der Waals surface area contributed by atoms with Gasteiger partial charge in [0.05, 0.1) is 4.88 Å². The molecule has 2 N–H and O–H groups in total. The second-order valence-electron chi connectivity index (χ2n) is 5.14. The van der Waals surface area contributed by atoms with Crippen LogP contribution in [0.3, 0.4) is 0 Å². The van der Waals surface area contributed by atoms with Crippen LogP contribution in [-0.4, -0.2) is 17.4 Å². The second kappa shape index (κ2) is 5.42. The van der Waals surface area contributed by atoms with Gasteiger partial charge in [-0.15, -0.1) is 11.3 Å². The van der Waals surface area contributed by atoms with Gasteiger partial charge in [-0.05, 0) is 36.1 Å². The molecule has 0 saturated carbocycles. The van der Waals surface area contributed by atoms with Gasteiger partial charge in [0.25, 0.3) is 0 Å². The Kier molecular flexibility index (Phi) is 3.61. The summed E-state index contributed by atoms with van der Waals surface area (Å²) in [6.07, 6.45) is 2.12. The van der Waals surface area contributed by atoms with Gasteiger partial charge in [-0.1, -0.05) is 24.3 Å². The Balaban J connectivity index is 1.86. The number of benzene rings is 1. The fourth-order valence-corrected chi connectivity index (χ4v) is 3.65. The third kappa shape index (κ3) is 2.39. The van der Waals surface area contributed by atoms with Crippen LogP contribution in [0, 0.1) is 0 Å². The molecular formula is C16H15NO3S.